The summed E-state index contributed by atoms with van der Waals surface area (Å²) in [6.45, 7) is 5.71. The first-order valence-corrected chi connectivity index (χ1v) is 8.58. The summed E-state index contributed by atoms with van der Waals surface area (Å²) < 4.78 is 0. The van der Waals surface area contributed by atoms with Crippen LogP contribution in [0.15, 0.2) is 24.5 Å². The van der Waals surface area contributed by atoms with Gasteiger partial charge in [0.2, 0.25) is 5.91 Å². The normalized spacial score (nSPS) is 18.5. The molecule has 0 unspecified atom stereocenters. The van der Waals surface area contributed by atoms with Gasteiger partial charge >= 0.3 is 0 Å². The van der Waals surface area contributed by atoms with E-state index in [2.05, 4.69) is 37.3 Å². The van der Waals surface area contributed by atoms with Crippen LogP contribution in [0.2, 0.25) is 0 Å². The van der Waals surface area contributed by atoms with E-state index in [4.69, 9.17) is 0 Å². The molecule has 0 aromatic carbocycles. The van der Waals surface area contributed by atoms with Gasteiger partial charge in [-0.2, -0.15) is 5.10 Å². The Hall–Kier alpha value is -2.28. The number of nitrogens with one attached hydrogen (secondary N) is 2. The van der Waals surface area contributed by atoms with Crippen LogP contribution in [0.4, 0.5) is 0 Å². The number of piperidine rings is 1. The Kier molecular flexibility index (Phi) is 5.53. The lowest BCUT2D eigenvalue weighted by atomic mass is 9.97. The van der Waals surface area contributed by atoms with E-state index >= 15 is 0 Å². The molecule has 1 fully saturated rings. The lowest BCUT2D eigenvalue weighted by molar-refractivity contribution is -0.126. The Balaban J connectivity index is 1.46. The van der Waals surface area contributed by atoms with Gasteiger partial charge in [0.15, 0.2) is 5.82 Å². The average molecular weight is 328 g/mol. The van der Waals surface area contributed by atoms with Crippen LogP contribution in [-0.2, 0) is 11.2 Å². The van der Waals surface area contributed by atoms with Crippen molar-refractivity contribution in [2.75, 3.05) is 26.2 Å². The highest BCUT2D eigenvalue weighted by Crippen LogP contribution is 2.16. The van der Waals surface area contributed by atoms with Gasteiger partial charge in [0.25, 0.3) is 0 Å². The van der Waals surface area contributed by atoms with Gasteiger partial charge in [0, 0.05) is 37.5 Å². The standard InChI is InChI=1S/C17H24N6O/c1-2-23-11-3-4-14(12-23)17(24)19-10-7-15-20-16(22-21-15)13-5-8-18-9-6-13/h5-6,8-9,14H,2-4,7,10-12H2,1H3,(H,19,24)(H,20,21,22)/t14-/m0/s1. The Bertz CT molecular complexity index is 656. The van der Waals surface area contributed by atoms with Gasteiger partial charge in [-0.15, -0.1) is 0 Å². The van der Waals surface area contributed by atoms with Crippen molar-refractivity contribution in [1.82, 2.24) is 30.4 Å². The van der Waals surface area contributed by atoms with Crippen LogP contribution >= 0.6 is 0 Å². The monoisotopic (exact) mass is 328 g/mol. The molecule has 3 heterocycles. The molecular weight excluding hydrogens is 304 g/mol. The number of rotatable bonds is 6. The van der Waals surface area contributed by atoms with Crippen LogP contribution in [0.3, 0.4) is 0 Å². The molecule has 1 amide bonds. The minimum atomic E-state index is 0.112. The van der Waals surface area contributed by atoms with E-state index in [9.17, 15) is 4.79 Å². The van der Waals surface area contributed by atoms with Gasteiger partial charge in [0.1, 0.15) is 5.82 Å². The van der Waals surface area contributed by atoms with Crippen LogP contribution < -0.4 is 5.32 Å². The zero-order chi connectivity index (χ0) is 16.8. The number of aromatic amines is 1. The molecular formula is C17H24N6O. The molecule has 1 aliphatic rings. The number of carbonyl (C=O) groups is 1. The SMILES string of the molecule is CCN1CCC[C@H](C(=O)NCCc2nc(-c3ccncc3)n[nH]2)C1. The van der Waals surface area contributed by atoms with E-state index in [0.29, 0.717) is 18.8 Å². The number of pyridine rings is 1. The summed E-state index contributed by atoms with van der Waals surface area (Å²) in [6, 6.07) is 3.74. The lowest BCUT2D eigenvalue weighted by Gasteiger charge is -2.30. The zero-order valence-corrected chi connectivity index (χ0v) is 14.0. The number of hydrogen-bond donors (Lipinski definition) is 2. The quantitative estimate of drug-likeness (QED) is 0.833. The summed E-state index contributed by atoms with van der Waals surface area (Å²) in [7, 11) is 0. The highest BCUT2D eigenvalue weighted by atomic mass is 16.1. The third-order valence-electron chi connectivity index (χ3n) is 4.45. The number of carbonyl (C=O) groups excluding carboxylic acids is 1. The van der Waals surface area contributed by atoms with Gasteiger partial charge in [-0.1, -0.05) is 6.92 Å². The molecule has 24 heavy (non-hydrogen) atoms. The Morgan fingerprint density at radius 1 is 1.42 bits per heavy atom. The van der Waals surface area contributed by atoms with Crippen molar-refractivity contribution in [3.8, 4) is 11.4 Å². The van der Waals surface area contributed by atoms with Crippen LogP contribution in [0.1, 0.15) is 25.6 Å². The first-order valence-electron chi connectivity index (χ1n) is 8.58. The highest BCUT2D eigenvalue weighted by molar-refractivity contribution is 5.78. The summed E-state index contributed by atoms with van der Waals surface area (Å²) in [4.78, 5) is 23.1. The van der Waals surface area contributed by atoms with Crippen molar-refractivity contribution < 1.29 is 4.79 Å². The molecule has 128 valence electrons. The maximum absolute atomic E-state index is 12.3. The van der Waals surface area contributed by atoms with Crippen molar-refractivity contribution in [1.29, 1.82) is 0 Å². The molecule has 0 aliphatic carbocycles. The number of hydrogen-bond acceptors (Lipinski definition) is 5. The fourth-order valence-corrected chi connectivity index (χ4v) is 3.04. The maximum Gasteiger partial charge on any atom is 0.224 e. The van der Waals surface area contributed by atoms with Crippen LogP contribution in [0, 0.1) is 5.92 Å². The average Bonchev–Trinajstić information content (AvgIpc) is 3.11. The van der Waals surface area contributed by atoms with E-state index in [1.807, 2.05) is 12.1 Å². The summed E-state index contributed by atoms with van der Waals surface area (Å²) in [5, 5.41) is 10.2. The molecule has 2 aromatic heterocycles. The maximum atomic E-state index is 12.3. The third-order valence-corrected chi connectivity index (χ3v) is 4.45. The highest BCUT2D eigenvalue weighted by Gasteiger charge is 2.24. The van der Waals surface area contributed by atoms with E-state index in [1.165, 1.54) is 0 Å². The Morgan fingerprint density at radius 3 is 3.04 bits per heavy atom. The van der Waals surface area contributed by atoms with Gasteiger partial charge in [0.05, 0.1) is 5.92 Å². The van der Waals surface area contributed by atoms with Crippen molar-refractivity contribution in [3.63, 3.8) is 0 Å². The minimum absolute atomic E-state index is 0.112. The van der Waals surface area contributed by atoms with Gasteiger partial charge in [-0.05, 0) is 38.1 Å². The first kappa shape index (κ1) is 16.6. The fraction of sp³-hybridized carbons (Fsp3) is 0.529. The molecule has 0 bridgehead atoms. The molecule has 2 aromatic rings. The fourth-order valence-electron chi connectivity index (χ4n) is 3.04. The van der Waals surface area contributed by atoms with E-state index in [0.717, 1.165) is 43.9 Å². The van der Waals surface area contributed by atoms with Crippen LogP contribution in [0.25, 0.3) is 11.4 Å². The van der Waals surface area contributed by atoms with Crippen molar-refractivity contribution >= 4 is 5.91 Å². The number of H-pyrrole nitrogens is 1. The zero-order valence-electron chi connectivity index (χ0n) is 14.0. The molecule has 0 radical (unpaired) electrons. The molecule has 1 aliphatic heterocycles. The van der Waals surface area contributed by atoms with Gasteiger partial charge in [-0.3, -0.25) is 14.9 Å². The van der Waals surface area contributed by atoms with E-state index in [1.54, 1.807) is 12.4 Å². The molecule has 7 nitrogen and oxygen atoms in total. The molecule has 3 rings (SSSR count). The van der Waals surface area contributed by atoms with Gasteiger partial charge < -0.3 is 10.2 Å². The smallest absolute Gasteiger partial charge is 0.224 e. The van der Waals surface area contributed by atoms with Crippen molar-refractivity contribution in [2.45, 2.75) is 26.2 Å². The van der Waals surface area contributed by atoms with Crippen LogP contribution in [-0.4, -0.2) is 57.2 Å². The van der Waals surface area contributed by atoms with E-state index in [-0.39, 0.29) is 11.8 Å². The molecule has 0 saturated carbocycles. The van der Waals surface area contributed by atoms with Gasteiger partial charge in [-0.25, -0.2) is 4.98 Å². The summed E-state index contributed by atoms with van der Waals surface area (Å²) in [6.07, 6.45) is 6.17. The summed E-state index contributed by atoms with van der Waals surface area (Å²) in [5.74, 6) is 1.70. The minimum Gasteiger partial charge on any atom is -0.355 e. The third kappa shape index (κ3) is 4.17. The molecule has 1 atom stereocenters. The number of aromatic nitrogens is 4. The second-order valence-electron chi connectivity index (χ2n) is 6.12. The number of nitrogens with zero attached hydrogens (tertiary/aromatic N) is 4. The van der Waals surface area contributed by atoms with Crippen LogP contribution in [0.5, 0.6) is 0 Å². The Morgan fingerprint density at radius 2 is 2.25 bits per heavy atom. The topological polar surface area (TPSA) is 86.8 Å². The molecule has 7 heteroatoms. The lowest BCUT2D eigenvalue weighted by Crippen LogP contribution is -2.43. The second-order valence-corrected chi connectivity index (χ2v) is 6.12. The number of likely N-dealkylation sites (tertiary alicyclic amines) is 1. The van der Waals surface area contributed by atoms with Crippen molar-refractivity contribution in [3.05, 3.63) is 30.4 Å². The predicted molar refractivity (Wildman–Crippen MR) is 91.2 cm³/mol. The van der Waals surface area contributed by atoms with E-state index < -0.39 is 0 Å². The number of amides is 1. The molecule has 2 N–H and O–H groups in total. The summed E-state index contributed by atoms with van der Waals surface area (Å²) >= 11 is 0. The molecule has 0 spiro atoms. The Labute approximate surface area is 141 Å². The molecule has 1 saturated heterocycles. The largest absolute Gasteiger partial charge is 0.355 e. The van der Waals surface area contributed by atoms with Crippen molar-refractivity contribution in [2.24, 2.45) is 5.92 Å². The second kappa shape index (κ2) is 8.01. The first-order chi connectivity index (χ1) is 11.8. The predicted octanol–water partition coefficient (Wildman–Crippen LogP) is 1.26. The summed E-state index contributed by atoms with van der Waals surface area (Å²) in [5.41, 5.74) is 0.929.